The Kier molecular flexibility index (Phi) is 5.09. The summed E-state index contributed by atoms with van der Waals surface area (Å²) in [6, 6.07) is 13.4. The second-order valence-electron chi connectivity index (χ2n) is 5.04. The molecule has 0 aliphatic rings. The van der Waals surface area contributed by atoms with E-state index in [4.69, 9.17) is 0 Å². The zero-order valence-corrected chi connectivity index (χ0v) is 12.8. The van der Waals surface area contributed by atoms with Crippen molar-refractivity contribution in [2.24, 2.45) is 0 Å². The summed E-state index contributed by atoms with van der Waals surface area (Å²) in [5.41, 5.74) is 7.01. The predicted molar refractivity (Wildman–Crippen MR) is 86.9 cm³/mol. The number of benzene rings is 2. The molecular weight excluding hydrogens is 294 g/mol. The van der Waals surface area contributed by atoms with E-state index in [1.165, 1.54) is 13.0 Å². The highest BCUT2D eigenvalue weighted by molar-refractivity contribution is 6.00. The Morgan fingerprint density at radius 2 is 1.43 bits per heavy atom. The third kappa shape index (κ3) is 4.67. The molecule has 0 spiro atoms. The minimum atomic E-state index is -0.474. The van der Waals surface area contributed by atoms with Crippen molar-refractivity contribution in [2.75, 3.05) is 5.32 Å². The van der Waals surface area contributed by atoms with E-state index in [1.54, 1.807) is 30.3 Å². The van der Waals surface area contributed by atoms with E-state index >= 15 is 0 Å². The van der Waals surface area contributed by atoms with Gasteiger partial charge in [0.25, 0.3) is 11.8 Å². The lowest BCUT2D eigenvalue weighted by molar-refractivity contribution is -0.114. The van der Waals surface area contributed by atoms with Crippen LogP contribution in [-0.4, -0.2) is 17.7 Å². The number of aryl methyl sites for hydroxylation is 1. The Bertz CT molecular complexity index is 739. The summed E-state index contributed by atoms with van der Waals surface area (Å²) in [5, 5.41) is 2.59. The van der Waals surface area contributed by atoms with Gasteiger partial charge in [-0.3, -0.25) is 25.2 Å². The van der Waals surface area contributed by atoms with Gasteiger partial charge in [-0.15, -0.1) is 0 Å². The first-order valence-electron chi connectivity index (χ1n) is 7.01. The van der Waals surface area contributed by atoms with Crippen molar-refractivity contribution < 1.29 is 14.4 Å². The van der Waals surface area contributed by atoms with Crippen molar-refractivity contribution in [3.63, 3.8) is 0 Å². The molecule has 2 rings (SSSR count). The molecule has 23 heavy (non-hydrogen) atoms. The lowest BCUT2D eigenvalue weighted by Crippen LogP contribution is -2.41. The van der Waals surface area contributed by atoms with Gasteiger partial charge in [-0.25, -0.2) is 0 Å². The molecule has 0 bridgehead atoms. The van der Waals surface area contributed by atoms with E-state index in [2.05, 4.69) is 16.2 Å². The van der Waals surface area contributed by atoms with Gasteiger partial charge in [-0.2, -0.15) is 0 Å². The SMILES string of the molecule is CC(=O)Nc1cccc(C(=O)NNC(=O)c2ccc(C)cc2)c1. The van der Waals surface area contributed by atoms with Crippen LogP contribution in [0.4, 0.5) is 5.69 Å². The molecule has 3 amide bonds. The number of carbonyl (C=O) groups is 3. The quantitative estimate of drug-likeness (QED) is 0.758. The zero-order chi connectivity index (χ0) is 16.8. The molecule has 0 fully saturated rings. The van der Waals surface area contributed by atoms with Crippen LogP contribution in [-0.2, 0) is 4.79 Å². The van der Waals surface area contributed by atoms with Crippen LogP contribution < -0.4 is 16.2 Å². The predicted octanol–water partition coefficient (Wildman–Crippen LogP) is 2.03. The maximum Gasteiger partial charge on any atom is 0.269 e. The summed E-state index contributed by atoms with van der Waals surface area (Å²) in [6.07, 6.45) is 0. The zero-order valence-electron chi connectivity index (χ0n) is 12.8. The number of rotatable bonds is 3. The third-order valence-electron chi connectivity index (χ3n) is 3.05. The van der Waals surface area contributed by atoms with Crippen LogP contribution in [0.2, 0.25) is 0 Å². The maximum absolute atomic E-state index is 12.0. The highest BCUT2D eigenvalue weighted by Crippen LogP contribution is 2.10. The van der Waals surface area contributed by atoms with Gasteiger partial charge in [-0.05, 0) is 37.3 Å². The summed E-state index contributed by atoms with van der Waals surface area (Å²) in [7, 11) is 0. The molecule has 2 aromatic carbocycles. The first-order valence-corrected chi connectivity index (χ1v) is 7.01. The first-order chi connectivity index (χ1) is 11.0. The van der Waals surface area contributed by atoms with E-state index in [0.717, 1.165) is 5.56 Å². The Morgan fingerprint density at radius 3 is 2.04 bits per heavy atom. The molecule has 0 aliphatic carbocycles. The van der Waals surface area contributed by atoms with Crippen LogP contribution in [0.25, 0.3) is 0 Å². The molecule has 0 heterocycles. The number of amides is 3. The van der Waals surface area contributed by atoms with Crippen LogP contribution in [0.3, 0.4) is 0 Å². The number of hydrogen-bond acceptors (Lipinski definition) is 3. The number of hydrazine groups is 1. The van der Waals surface area contributed by atoms with Crippen molar-refractivity contribution in [2.45, 2.75) is 13.8 Å². The van der Waals surface area contributed by atoms with Gasteiger partial charge in [-0.1, -0.05) is 23.8 Å². The molecule has 0 aliphatic heterocycles. The summed E-state index contributed by atoms with van der Waals surface area (Å²) in [5.74, 6) is -1.11. The minimum Gasteiger partial charge on any atom is -0.326 e. The lowest BCUT2D eigenvalue weighted by Gasteiger charge is -2.09. The smallest absolute Gasteiger partial charge is 0.269 e. The summed E-state index contributed by atoms with van der Waals surface area (Å²) < 4.78 is 0. The summed E-state index contributed by atoms with van der Waals surface area (Å²) in [6.45, 7) is 3.31. The topological polar surface area (TPSA) is 87.3 Å². The average Bonchev–Trinajstić information content (AvgIpc) is 2.52. The molecule has 2 aromatic rings. The molecule has 6 nitrogen and oxygen atoms in total. The van der Waals surface area contributed by atoms with Gasteiger partial charge in [0.1, 0.15) is 0 Å². The first kappa shape index (κ1) is 16.2. The Labute approximate surface area is 133 Å². The Hall–Kier alpha value is -3.15. The fourth-order valence-corrected chi connectivity index (χ4v) is 1.90. The van der Waals surface area contributed by atoms with E-state index in [1.807, 2.05) is 19.1 Å². The van der Waals surface area contributed by atoms with Crippen LogP contribution in [0, 0.1) is 6.92 Å². The van der Waals surface area contributed by atoms with Gasteiger partial charge in [0.05, 0.1) is 0 Å². The molecule has 0 saturated heterocycles. The molecule has 3 N–H and O–H groups in total. The molecule has 0 atom stereocenters. The Morgan fingerprint density at radius 1 is 0.826 bits per heavy atom. The second-order valence-corrected chi connectivity index (χ2v) is 5.04. The van der Waals surface area contributed by atoms with Crippen LogP contribution in [0.1, 0.15) is 33.2 Å². The normalized spacial score (nSPS) is 9.83. The summed E-state index contributed by atoms with van der Waals surface area (Å²) in [4.78, 5) is 35.0. The third-order valence-corrected chi connectivity index (χ3v) is 3.05. The van der Waals surface area contributed by atoms with Crippen LogP contribution in [0.5, 0.6) is 0 Å². The standard InChI is InChI=1S/C17H17N3O3/c1-11-6-8-13(9-7-11)16(22)19-20-17(23)14-4-3-5-15(10-14)18-12(2)21/h3-10H,1-2H3,(H,18,21)(H,19,22)(H,20,23). The fourth-order valence-electron chi connectivity index (χ4n) is 1.90. The number of nitrogens with one attached hydrogen (secondary N) is 3. The minimum absolute atomic E-state index is 0.227. The fraction of sp³-hybridized carbons (Fsp3) is 0.118. The molecule has 6 heteroatoms. The van der Waals surface area contributed by atoms with Crippen LogP contribution >= 0.6 is 0 Å². The molecule has 118 valence electrons. The monoisotopic (exact) mass is 311 g/mol. The van der Waals surface area contributed by atoms with E-state index in [-0.39, 0.29) is 5.91 Å². The second kappa shape index (κ2) is 7.22. The van der Waals surface area contributed by atoms with Gasteiger partial charge in [0.15, 0.2) is 0 Å². The highest BCUT2D eigenvalue weighted by Gasteiger charge is 2.09. The van der Waals surface area contributed by atoms with Gasteiger partial charge >= 0.3 is 0 Å². The van der Waals surface area contributed by atoms with Crippen molar-refractivity contribution in [3.05, 3.63) is 65.2 Å². The summed E-state index contributed by atoms with van der Waals surface area (Å²) >= 11 is 0. The Balaban J connectivity index is 1.98. The average molecular weight is 311 g/mol. The maximum atomic E-state index is 12.0. The number of carbonyl (C=O) groups excluding carboxylic acids is 3. The van der Waals surface area contributed by atoms with Crippen molar-refractivity contribution >= 4 is 23.4 Å². The van der Waals surface area contributed by atoms with Crippen molar-refractivity contribution in [3.8, 4) is 0 Å². The van der Waals surface area contributed by atoms with Crippen LogP contribution in [0.15, 0.2) is 48.5 Å². The van der Waals surface area contributed by atoms with E-state index in [9.17, 15) is 14.4 Å². The highest BCUT2D eigenvalue weighted by atomic mass is 16.2. The molecule has 0 saturated carbocycles. The molecular formula is C17H17N3O3. The van der Waals surface area contributed by atoms with Gasteiger partial charge in [0.2, 0.25) is 5.91 Å². The van der Waals surface area contributed by atoms with Crippen molar-refractivity contribution in [1.82, 2.24) is 10.9 Å². The van der Waals surface area contributed by atoms with Crippen molar-refractivity contribution in [1.29, 1.82) is 0 Å². The van der Waals surface area contributed by atoms with Gasteiger partial charge in [0, 0.05) is 23.7 Å². The molecule has 0 radical (unpaired) electrons. The van der Waals surface area contributed by atoms with Gasteiger partial charge < -0.3 is 5.32 Å². The molecule has 0 aromatic heterocycles. The number of hydrogen-bond donors (Lipinski definition) is 3. The lowest BCUT2D eigenvalue weighted by atomic mass is 10.1. The van der Waals surface area contributed by atoms with E-state index in [0.29, 0.717) is 16.8 Å². The van der Waals surface area contributed by atoms with E-state index < -0.39 is 11.8 Å². The molecule has 0 unspecified atom stereocenters. The number of anilines is 1. The largest absolute Gasteiger partial charge is 0.326 e.